The Morgan fingerprint density at radius 1 is 1.13 bits per heavy atom. The molecule has 1 saturated heterocycles. The Labute approximate surface area is 139 Å². The number of piperidine rings is 1. The molecule has 1 aromatic rings. The molecular weight excluding hydrogens is 288 g/mol. The number of benzene rings is 1. The van der Waals surface area contributed by atoms with Crippen LogP contribution in [-0.4, -0.2) is 35.8 Å². The van der Waals surface area contributed by atoms with Crippen molar-refractivity contribution >= 4 is 11.8 Å². The minimum Gasteiger partial charge on any atom is -0.353 e. The molecule has 0 saturated carbocycles. The molecule has 126 valence electrons. The molecule has 0 aromatic heterocycles. The van der Waals surface area contributed by atoms with Crippen LogP contribution in [0.2, 0.25) is 0 Å². The van der Waals surface area contributed by atoms with Crippen LogP contribution < -0.4 is 5.32 Å². The van der Waals surface area contributed by atoms with E-state index in [1.54, 1.807) is 0 Å². The number of nitrogens with one attached hydrogen (secondary N) is 1. The van der Waals surface area contributed by atoms with Gasteiger partial charge in [0.05, 0.1) is 6.42 Å². The van der Waals surface area contributed by atoms with Crippen LogP contribution in [0.4, 0.5) is 0 Å². The van der Waals surface area contributed by atoms with Crippen LogP contribution in [0.1, 0.15) is 45.1 Å². The van der Waals surface area contributed by atoms with Crippen LogP contribution in [0.3, 0.4) is 0 Å². The van der Waals surface area contributed by atoms with Gasteiger partial charge in [-0.15, -0.1) is 0 Å². The summed E-state index contributed by atoms with van der Waals surface area (Å²) in [5.74, 6) is 0.470. The fourth-order valence-electron chi connectivity index (χ4n) is 3.13. The van der Waals surface area contributed by atoms with Gasteiger partial charge in [-0.3, -0.25) is 9.59 Å². The van der Waals surface area contributed by atoms with Gasteiger partial charge in [-0.25, -0.2) is 0 Å². The molecule has 0 unspecified atom stereocenters. The second kappa shape index (κ2) is 8.70. The minimum absolute atomic E-state index is 0.118. The zero-order valence-corrected chi connectivity index (χ0v) is 14.3. The largest absolute Gasteiger partial charge is 0.353 e. The lowest BCUT2D eigenvalue weighted by molar-refractivity contribution is -0.131. The molecule has 23 heavy (non-hydrogen) atoms. The predicted octanol–water partition coefficient (Wildman–Crippen LogP) is 2.77. The molecule has 1 aromatic carbocycles. The Kier molecular flexibility index (Phi) is 6.63. The standard InChI is InChI=1S/C19H28N2O2/c1-3-16(4-2)19(23)20-17-10-12-21(13-11-17)18(22)14-15-8-6-5-7-9-15/h5-9,16-17H,3-4,10-14H2,1-2H3,(H,20,23). The van der Waals surface area contributed by atoms with E-state index < -0.39 is 0 Å². The summed E-state index contributed by atoms with van der Waals surface area (Å²) in [5, 5.41) is 3.15. The maximum atomic E-state index is 12.3. The van der Waals surface area contributed by atoms with Crippen LogP contribution in [0.5, 0.6) is 0 Å². The van der Waals surface area contributed by atoms with Crippen molar-refractivity contribution < 1.29 is 9.59 Å². The third-order valence-corrected chi connectivity index (χ3v) is 4.75. The average Bonchev–Trinajstić information content (AvgIpc) is 2.57. The van der Waals surface area contributed by atoms with Crippen molar-refractivity contribution in [3.63, 3.8) is 0 Å². The first-order valence-electron chi connectivity index (χ1n) is 8.76. The summed E-state index contributed by atoms with van der Waals surface area (Å²) in [5.41, 5.74) is 1.06. The van der Waals surface area contributed by atoms with E-state index in [-0.39, 0.29) is 23.8 Å². The number of carbonyl (C=O) groups excluding carboxylic acids is 2. The fraction of sp³-hybridized carbons (Fsp3) is 0.579. The van der Waals surface area contributed by atoms with Gasteiger partial charge in [-0.05, 0) is 31.2 Å². The van der Waals surface area contributed by atoms with E-state index in [0.29, 0.717) is 6.42 Å². The number of carbonyl (C=O) groups is 2. The van der Waals surface area contributed by atoms with E-state index in [4.69, 9.17) is 0 Å². The van der Waals surface area contributed by atoms with Gasteiger partial charge in [0.25, 0.3) is 0 Å². The lowest BCUT2D eigenvalue weighted by Crippen LogP contribution is -2.48. The molecule has 1 aliphatic heterocycles. The molecule has 1 heterocycles. The zero-order chi connectivity index (χ0) is 16.7. The van der Waals surface area contributed by atoms with Gasteiger partial charge in [0.1, 0.15) is 0 Å². The lowest BCUT2D eigenvalue weighted by atomic mass is 9.99. The summed E-state index contributed by atoms with van der Waals surface area (Å²) in [4.78, 5) is 26.4. The zero-order valence-electron chi connectivity index (χ0n) is 14.3. The third kappa shape index (κ3) is 5.08. The van der Waals surface area contributed by atoms with E-state index in [2.05, 4.69) is 19.2 Å². The highest BCUT2D eigenvalue weighted by Gasteiger charge is 2.25. The summed E-state index contributed by atoms with van der Waals surface area (Å²) in [6.07, 6.45) is 3.94. The van der Waals surface area contributed by atoms with Crippen LogP contribution in [0.25, 0.3) is 0 Å². The molecule has 1 fully saturated rings. The highest BCUT2D eigenvalue weighted by Crippen LogP contribution is 2.14. The Hall–Kier alpha value is -1.84. The predicted molar refractivity (Wildman–Crippen MR) is 92.0 cm³/mol. The molecule has 1 aliphatic rings. The maximum absolute atomic E-state index is 12.3. The molecule has 1 N–H and O–H groups in total. The molecule has 0 bridgehead atoms. The van der Waals surface area contributed by atoms with E-state index in [0.717, 1.165) is 44.3 Å². The van der Waals surface area contributed by atoms with Gasteiger partial charge in [-0.1, -0.05) is 44.2 Å². The molecular formula is C19H28N2O2. The molecule has 0 radical (unpaired) electrons. The molecule has 2 amide bonds. The van der Waals surface area contributed by atoms with Gasteiger partial charge in [0.15, 0.2) is 0 Å². The van der Waals surface area contributed by atoms with Gasteiger partial charge in [0.2, 0.25) is 11.8 Å². The SMILES string of the molecule is CCC(CC)C(=O)NC1CCN(C(=O)Cc2ccccc2)CC1. The van der Waals surface area contributed by atoms with Gasteiger partial charge < -0.3 is 10.2 Å². The van der Waals surface area contributed by atoms with E-state index in [9.17, 15) is 9.59 Å². The van der Waals surface area contributed by atoms with Crippen molar-refractivity contribution in [3.05, 3.63) is 35.9 Å². The molecule has 0 atom stereocenters. The van der Waals surface area contributed by atoms with Crippen LogP contribution in [0.15, 0.2) is 30.3 Å². The smallest absolute Gasteiger partial charge is 0.226 e. The summed E-state index contributed by atoms with van der Waals surface area (Å²) in [6.45, 7) is 5.58. The number of hydrogen-bond acceptors (Lipinski definition) is 2. The van der Waals surface area contributed by atoms with Gasteiger partial charge >= 0.3 is 0 Å². The number of hydrogen-bond donors (Lipinski definition) is 1. The second-order valence-corrected chi connectivity index (χ2v) is 6.34. The molecule has 0 aliphatic carbocycles. The van der Waals surface area contributed by atoms with Crippen molar-refractivity contribution in [1.29, 1.82) is 0 Å². The molecule has 0 spiro atoms. The second-order valence-electron chi connectivity index (χ2n) is 6.34. The van der Waals surface area contributed by atoms with Crippen molar-refractivity contribution in [3.8, 4) is 0 Å². The number of amides is 2. The first-order valence-corrected chi connectivity index (χ1v) is 8.76. The van der Waals surface area contributed by atoms with E-state index in [1.165, 1.54) is 0 Å². The number of rotatable bonds is 6. The summed E-state index contributed by atoms with van der Waals surface area (Å²) >= 11 is 0. The van der Waals surface area contributed by atoms with Crippen LogP contribution >= 0.6 is 0 Å². The van der Waals surface area contributed by atoms with Crippen molar-refractivity contribution in [2.45, 2.75) is 52.0 Å². The lowest BCUT2D eigenvalue weighted by Gasteiger charge is -2.33. The monoisotopic (exact) mass is 316 g/mol. The summed E-state index contributed by atoms with van der Waals surface area (Å²) < 4.78 is 0. The Balaban J connectivity index is 1.77. The van der Waals surface area contributed by atoms with E-state index >= 15 is 0 Å². The Morgan fingerprint density at radius 2 is 1.74 bits per heavy atom. The third-order valence-electron chi connectivity index (χ3n) is 4.75. The van der Waals surface area contributed by atoms with Crippen molar-refractivity contribution in [1.82, 2.24) is 10.2 Å². The topological polar surface area (TPSA) is 49.4 Å². The van der Waals surface area contributed by atoms with Crippen molar-refractivity contribution in [2.75, 3.05) is 13.1 Å². The summed E-state index contributed by atoms with van der Waals surface area (Å²) in [6, 6.07) is 10.1. The highest BCUT2D eigenvalue weighted by molar-refractivity contribution is 5.80. The van der Waals surface area contributed by atoms with Gasteiger partial charge in [-0.2, -0.15) is 0 Å². The number of nitrogens with zero attached hydrogens (tertiary/aromatic N) is 1. The number of likely N-dealkylation sites (tertiary alicyclic amines) is 1. The average molecular weight is 316 g/mol. The quantitative estimate of drug-likeness (QED) is 0.877. The van der Waals surface area contributed by atoms with E-state index in [1.807, 2.05) is 35.2 Å². The van der Waals surface area contributed by atoms with Gasteiger partial charge in [0, 0.05) is 25.0 Å². The first-order chi connectivity index (χ1) is 11.1. The first kappa shape index (κ1) is 17.5. The Morgan fingerprint density at radius 3 is 2.30 bits per heavy atom. The summed E-state index contributed by atoms with van der Waals surface area (Å²) in [7, 11) is 0. The van der Waals surface area contributed by atoms with Crippen molar-refractivity contribution in [2.24, 2.45) is 5.92 Å². The normalized spacial score (nSPS) is 15.7. The molecule has 4 nitrogen and oxygen atoms in total. The van der Waals surface area contributed by atoms with Crippen LogP contribution in [-0.2, 0) is 16.0 Å². The van der Waals surface area contributed by atoms with Crippen LogP contribution in [0, 0.1) is 5.92 Å². The molecule has 2 rings (SSSR count). The molecule has 4 heteroatoms. The highest BCUT2D eigenvalue weighted by atomic mass is 16.2. The fourth-order valence-corrected chi connectivity index (χ4v) is 3.13. The maximum Gasteiger partial charge on any atom is 0.226 e. The Bertz CT molecular complexity index is 503. The minimum atomic E-state index is 0.118.